The third-order valence-electron chi connectivity index (χ3n) is 3.34. The zero-order valence-electron chi connectivity index (χ0n) is 10.1. The van der Waals surface area contributed by atoms with E-state index >= 15 is 0 Å². The van der Waals surface area contributed by atoms with Crippen molar-refractivity contribution in [3.8, 4) is 0 Å². The zero-order valence-corrected chi connectivity index (χ0v) is 10.9. The predicted octanol–water partition coefficient (Wildman–Crippen LogP) is 2.51. The number of para-hydroxylation sites is 1. The lowest BCUT2D eigenvalue weighted by Crippen LogP contribution is -2.32. The number of anilines is 1. The molecule has 0 aliphatic carbocycles. The summed E-state index contributed by atoms with van der Waals surface area (Å²) in [5.41, 5.74) is 0.873. The molecule has 0 radical (unpaired) electrons. The molecule has 1 atom stereocenters. The molecule has 3 rings (SSSR count). The summed E-state index contributed by atoms with van der Waals surface area (Å²) >= 11 is 5.99. The zero-order chi connectivity index (χ0) is 12.5. The predicted molar refractivity (Wildman–Crippen MR) is 72.2 cm³/mol. The molecule has 94 valence electrons. The van der Waals surface area contributed by atoms with E-state index in [0.29, 0.717) is 6.04 Å². The molecule has 4 nitrogen and oxygen atoms in total. The van der Waals surface area contributed by atoms with Gasteiger partial charge in [-0.15, -0.1) is 0 Å². The van der Waals surface area contributed by atoms with E-state index in [1.54, 1.807) is 0 Å². The molecule has 2 heterocycles. The van der Waals surface area contributed by atoms with E-state index in [2.05, 4.69) is 14.9 Å². The van der Waals surface area contributed by atoms with E-state index < -0.39 is 0 Å². The highest BCUT2D eigenvalue weighted by Crippen LogP contribution is 2.27. The minimum atomic E-state index is 0.287. The van der Waals surface area contributed by atoms with Gasteiger partial charge in [0.2, 0.25) is 5.28 Å². The van der Waals surface area contributed by atoms with Crippen molar-refractivity contribution < 1.29 is 4.74 Å². The van der Waals surface area contributed by atoms with Crippen molar-refractivity contribution in [2.24, 2.45) is 0 Å². The number of ether oxygens (including phenoxy) is 1. The molecule has 1 unspecified atom stereocenters. The fourth-order valence-corrected chi connectivity index (χ4v) is 2.47. The van der Waals surface area contributed by atoms with Crippen LogP contribution in [0.1, 0.15) is 6.42 Å². The Hall–Kier alpha value is -1.39. The second-order valence-electron chi connectivity index (χ2n) is 4.46. The minimum Gasteiger partial charge on any atom is -0.379 e. The maximum atomic E-state index is 5.99. The van der Waals surface area contributed by atoms with E-state index in [1.807, 2.05) is 31.3 Å². The molecule has 0 saturated carbocycles. The van der Waals surface area contributed by atoms with Crippen molar-refractivity contribution in [3.63, 3.8) is 0 Å². The van der Waals surface area contributed by atoms with Gasteiger partial charge in [-0.3, -0.25) is 0 Å². The molecule has 1 aromatic heterocycles. The minimum absolute atomic E-state index is 0.287. The maximum Gasteiger partial charge on any atom is 0.224 e. The highest BCUT2D eigenvalue weighted by molar-refractivity contribution is 6.28. The number of aromatic nitrogens is 2. The Balaban J connectivity index is 2.09. The molecular formula is C13H14ClN3O. The molecule has 0 N–H and O–H groups in total. The number of rotatable bonds is 2. The summed E-state index contributed by atoms with van der Waals surface area (Å²) < 4.78 is 5.42. The third kappa shape index (κ3) is 2.02. The molecule has 0 amide bonds. The molecule has 1 saturated heterocycles. The van der Waals surface area contributed by atoms with E-state index in [9.17, 15) is 0 Å². The third-order valence-corrected chi connectivity index (χ3v) is 3.51. The topological polar surface area (TPSA) is 38.2 Å². The van der Waals surface area contributed by atoms with Crippen LogP contribution in [0.15, 0.2) is 24.3 Å². The van der Waals surface area contributed by atoms with Gasteiger partial charge in [0, 0.05) is 19.0 Å². The average molecular weight is 264 g/mol. The van der Waals surface area contributed by atoms with Gasteiger partial charge in [-0.1, -0.05) is 12.1 Å². The average Bonchev–Trinajstić information content (AvgIpc) is 2.90. The van der Waals surface area contributed by atoms with Crippen molar-refractivity contribution in [2.45, 2.75) is 12.5 Å². The maximum absolute atomic E-state index is 5.99. The monoisotopic (exact) mass is 263 g/mol. The lowest BCUT2D eigenvalue weighted by molar-refractivity contribution is 0.193. The van der Waals surface area contributed by atoms with Crippen molar-refractivity contribution in [2.75, 3.05) is 25.2 Å². The summed E-state index contributed by atoms with van der Waals surface area (Å²) in [6.45, 7) is 1.55. The molecule has 1 fully saturated rings. The molecule has 1 aliphatic heterocycles. The molecule has 5 heteroatoms. The van der Waals surface area contributed by atoms with E-state index in [-0.39, 0.29) is 5.28 Å². The second kappa shape index (κ2) is 4.71. The molecule has 1 aromatic carbocycles. The molecule has 0 spiro atoms. The Morgan fingerprint density at radius 2 is 2.17 bits per heavy atom. The molecule has 0 bridgehead atoms. The van der Waals surface area contributed by atoms with Crippen LogP contribution in [0.5, 0.6) is 0 Å². The Morgan fingerprint density at radius 1 is 1.33 bits per heavy atom. The summed E-state index contributed by atoms with van der Waals surface area (Å²) in [6.07, 6.45) is 1.02. The summed E-state index contributed by atoms with van der Waals surface area (Å²) in [5, 5.41) is 1.31. The Morgan fingerprint density at radius 3 is 2.94 bits per heavy atom. The first-order valence-corrected chi connectivity index (χ1v) is 6.36. The van der Waals surface area contributed by atoms with Crippen LogP contribution in [-0.2, 0) is 4.74 Å². The normalized spacial score (nSPS) is 19.3. The Bertz CT molecular complexity index is 569. The Kier molecular flexibility index (Phi) is 3.06. The van der Waals surface area contributed by atoms with Gasteiger partial charge in [0.1, 0.15) is 5.82 Å². The fourth-order valence-electron chi connectivity index (χ4n) is 2.30. The number of benzene rings is 1. The SMILES string of the molecule is CN(c1nc(Cl)nc2ccccc12)C1CCOC1. The summed E-state index contributed by atoms with van der Waals surface area (Å²) in [4.78, 5) is 10.8. The van der Waals surface area contributed by atoms with Crippen LogP contribution in [0.2, 0.25) is 5.28 Å². The number of nitrogens with zero attached hydrogens (tertiary/aromatic N) is 3. The van der Waals surface area contributed by atoms with E-state index in [0.717, 1.165) is 36.4 Å². The lowest BCUT2D eigenvalue weighted by atomic mass is 10.2. The molecule has 18 heavy (non-hydrogen) atoms. The lowest BCUT2D eigenvalue weighted by Gasteiger charge is -2.25. The van der Waals surface area contributed by atoms with Crippen LogP contribution in [0.3, 0.4) is 0 Å². The van der Waals surface area contributed by atoms with Crippen LogP contribution in [0.25, 0.3) is 10.9 Å². The quantitative estimate of drug-likeness (QED) is 0.781. The molecule has 1 aliphatic rings. The van der Waals surface area contributed by atoms with Crippen LogP contribution >= 0.6 is 11.6 Å². The number of halogens is 1. The first-order valence-electron chi connectivity index (χ1n) is 5.98. The van der Waals surface area contributed by atoms with Gasteiger partial charge < -0.3 is 9.64 Å². The summed E-state index contributed by atoms with van der Waals surface area (Å²) in [7, 11) is 2.03. The van der Waals surface area contributed by atoms with Crippen LogP contribution in [-0.4, -0.2) is 36.3 Å². The van der Waals surface area contributed by atoms with Crippen LogP contribution in [0.4, 0.5) is 5.82 Å². The summed E-state index contributed by atoms with van der Waals surface area (Å²) in [6, 6.07) is 8.27. The van der Waals surface area contributed by atoms with Gasteiger partial charge in [-0.05, 0) is 30.2 Å². The van der Waals surface area contributed by atoms with Crippen molar-refractivity contribution in [1.29, 1.82) is 0 Å². The second-order valence-corrected chi connectivity index (χ2v) is 4.80. The van der Waals surface area contributed by atoms with Gasteiger partial charge in [-0.25, -0.2) is 4.98 Å². The molecular weight excluding hydrogens is 250 g/mol. The largest absolute Gasteiger partial charge is 0.379 e. The fraction of sp³-hybridized carbons (Fsp3) is 0.385. The van der Waals surface area contributed by atoms with Gasteiger partial charge in [0.25, 0.3) is 0 Å². The van der Waals surface area contributed by atoms with Gasteiger partial charge in [0.15, 0.2) is 0 Å². The number of likely N-dealkylation sites (N-methyl/N-ethyl adjacent to an activating group) is 1. The standard InChI is InChI=1S/C13H14ClN3O/c1-17(9-6-7-18-8-9)12-10-4-2-3-5-11(10)15-13(14)16-12/h2-5,9H,6-8H2,1H3. The number of fused-ring (bicyclic) bond motifs is 1. The highest BCUT2D eigenvalue weighted by atomic mass is 35.5. The van der Waals surface area contributed by atoms with Gasteiger partial charge in [0.05, 0.1) is 18.2 Å². The van der Waals surface area contributed by atoms with Crippen molar-refractivity contribution in [1.82, 2.24) is 9.97 Å². The van der Waals surface area contributed by atoms with Crippen molar-refractivity contribution >= 4 is 28.3 Å². The van der Waals surface area contributed by atoms with Crippen LogP contribution in [0, 0.1) is 0 Å². The first-order chi connectivity index (χ1) is 8.75. The number of hydrogen-bond acceptors (Lipinski definition) is 4. The Labute approximate surface area is 111 Å². The highest BCUT2D eigenvalue weighted by Gasteiger charge is 2.23. The molecule has 2 aromatic rings. The smallest absolute Gasteiger partial charge is 0.224 e. The van der Waals surface area contributed by atoms with Crippen molar-refractivity contribution in [3.05, 3.63) is 29.5 Å². The van der Waals surface area contributed by atoms with Crippen LogP contribution < -0.4 is 4.90 Å². The summed E-state index contributed by atoms with van der Waals surface area (Å²) in [5.74, 6) is 0.876. The van der Waals surface area contributed by atoms with Gasteiger partial charge >= 0.3 is 0 Å². The first kappa shape index (κ1) is 11.7. The van der Waals surface area contributed by atoms with E-state index in [1.165, 1.54) is 0 Å². The van der Waals surface area contributed by atoms with Gasteiger partial charge in [-0.2, -0.15) is 4.98 Å². The van der Waals surface area contributed by atoms with E-state index in [4.69, 9.17) is 16.3 Å². The number of hydrogen-bond donors (Lipinski definition) is 0.